The lowest BCUT2D eigenvalue weighted by molar-refractivity contribution is 0.134. The monoisotopic (exact) mass is 481 g/mol. The van der Waals surface area contributed by atoms with Crippen LogP contribution in [-0.4, -0.2) is 49.4 Å². The maximum Gasteiger partial charge on any atom is 0.166 e. The van der Waals surface area contributed by atoms with Gasteiger partial charge >= 0.3 is 0 Å². The molecule has 2 aliphatic rings. The van der Waals surface area contributed by atoms with E-state index in [1.807, 2.05) is 0 Å². The first kappa shape index (κ1) is 24.8. The number of nitrogens with one attached hydrogen (secondary N) is 2. The van der Waals surface area contributed by atoms with E-state index in [-0.39, 0.29) is 5.41 Å². The van der Waals surface area contributed by atoms with Crippen LogP contribution in [0.4, 0.5) is 0 Å². The number of hydrogen-bond donors (Lipinski definition) is 2. The van der Waals surface area contributed by atoms with E-state index in [0.29, 0.717) is 18.0 Å². The first-order valence-electron chi connectivity index (χ1n) is 12.5. The Morgan fingerprint density at radius 1 is 1.09 bits per heavy atom. The third kappa shape index (κ3) is 5.33. The lowest BCUT2D eigenvalue weighted by Crippen LogP contribution is -2.53. The lowest BCUT2D eigenvalue weighted by Gasteiger charge is -2.46. The molecule has 0 radical (unpaired) electrons. The van der Waals surface area contributed by atoms with Crippen LogP contribution in [0.3, 0.4) is 0 Å². The van der Waals surface area contributed by atoms with Gasteiger partial charge in [0.05, 0.1) is 14.2 Å². The zero-order chi connectivity index (χ0) is 24.1. The molecule has 184 valence electrons. The minimum absolute atomic E-state index is 0.111. The number of rotatable bonds is 8. The molecule has 2 aromatic carbocycles. The number of nitrogens with zero attached hydrogens (tertiary/aromatic N) is 1. The molecule has 0 aromatic heterocycles. The highest BCUT2D eigenvalue weighted by Crippen LogP contribution is 2.50. The molecule has 3 atom stereocenters. The van der Waals surface area contributed by atoms with Gasteiger partial charge in [0.25, 0.3) is 0 Å². The van der Waals surface area contributed by atoms with Gasteiger partial charge in [0, 0.05) is 30.6 Å². The summed E-state index contributed by atoms with van der Waals surface area (Å²) in [6, 6.07) is 18.2. The molecule has 2 N–H and O–H groups in total. The van der Waals surface area contributed by atoms with Crippen molar-refractivity contribution in [2.75, 3.05) is 27.3 Å². The van der Waals surface area contributed by atoms with Crippen LogP contribution in [-0.2, 0) is 12.0 Å². The summed E-state index contributed by atoms with van der Waals surface area (Å²) in [5, 5.41) is 7.80. The maximum atomic E-state index is 5.68. The fraction of sp³-hybridized carbons (Fsp3) is 0.536. The fourth-order valence-corrected chi connectivity index (χ4v) is 6.05. The molecule has 2 aromatic rings. The average Bonchev–Trinajstić information content (AvgIpc) is 3.21. The SMILES string of the molecule is COc1ccc([C@@]23CC[C@H](NC(=S)NCC(C)C)C[C@H]2N(Cc2ccccc2)CC3)cc1OC. The third-order valence-electron chi connectivity index (χ3n) is 7.56. The lowest BCUT2D eigenvalue weighted by atomic mass is 9.65. The van der Waals surface area contributed by atoms with Gasteiger partial charge in [-0.15, -0.1) is 0 Å². The van der Waals surface area contributed by atoms with Crippen molar-refractivity contribution in [2.24, 2.45) is 5.92 Å². The van der Waals surface area contributed by atoms with Crippen LogP contribution >= 0.6 is 12.2 Å². The molecule has 0 bridgehead atoms. The molecule has 5 nitrogen and oxygen atoms in total. The predicted molar refractivity (Wildman–Crippen MR) is 143 cm³/mol. The van der Waals surface area contributed by atoms with Crippen LogP contribution < -0.4 is 20.1 Å². The number of methoxy groups -OCH3 is 2. The minimum Gasteiger partial charge on any atom is -0.493 e. The van der Waals surface area contributed by atoms with Crippen molar-refractivity contribution in [2.45, 2.75) is 63.6 Å². The van der Waals surface area contributed by atoms with Crippen LogP contribution in [0.2, 0.25) is 0 Å². The molecule has 1 aliphatic carbocycles. The van der Waals surface area contributed by atoms with Crippen molar-refractivity contribution < 1.29 is 9.47 Å². The Bertz CT molecular complexity index is 967. The number of hydrogen-bond acceptors (Lipinski definition) is 4. The molecule has 1 heterocycles. The summed E-state index contributed by atoms with van der Waals surface area (Å²) >= 11 is 5.62. The zero-order valence-corrected chi connectivity index (χ0v) is 21.8. The number of likely N-dealkylation sites (tertiary alicyclic amines) is 1. The number of ether oxygens (including phenoxy) is 2. The minimum atomic E-state index is 0.111. The van der Waals surface area contributed by atoms with Crippen LogP contribution in [0.5, 0.6) is 11.5 Å². The zero-order valence-electron chi connectivity index (χ0n) is 21.0. The molecule has 0 amide bonds. The molecule has 1 aliphatic heterocycles. The summed E-state index contributed by atoms with van der Waals surface area (Å²) in [5.74, 6) is 2.17. The molecular formula is C28H39N3O2S. The fourth-order valence-electron chi connectivity index (χ4n) is 5.80. The molecule has 0 spiro atoms. The van der Waals surface area contributed by atoms with Crippen molar-refractivity contribution >= 4 is 17.3 Å². The van der Waals surface area contributed by atoms with Gasteiger partial charge in [0.1, 0.15) is 0 Å². The van der Waals surface area contributed by atoms with Gasteiger partial charge in [-0.2, -0.15) is 0 Å². The Kier molecular flexibility index (Phi) is 7.99. The molecular weight excluding hydrogens is 442 g/mol. The van der Waals surface area contributed by atoms with Crippen molar-refractivity contribution in [3.05, 3.63) is 59.7 Å². The number of thiocarbonyl (C=S) groups is 1. The highest BCUT2D eigenvalue weighted by atomic mass is 32.1. The van der Waals surface area contributed by atoms with E-state index in [4.69, 9.17) is 21.7 Å². The summed E-state index contributed by atoms with van der Waals surface area (Å²) in [6.45, 7) is 7.37. The van der Waals surface area contributed by atoms with E-state index in [0.717, 1.165) is 61.9 Å². The number of fused-ring (bicyclic) bond motifs is 1. The Morgan fingerprint density at radius 3 is 2.56 bits per heavy atom. The largest absolute Gasteiger partial charge is 0.493 e. The second kappa shape index (κ2) is 11.0. The second-order valence-electron chi connectivity index (χ2n) is 10.2. The Labute approximate surface area is 210 Å². The van der Waals surface area contributed by atoms with Crippen LogP contribution in [0.25, 0.3) is 0 Å². The van der Waals surface area contributed by atoms with Gasteiger partial charge in [-0.25, -0.2) is 0 Å². The van der Waals surface area contributed by atoms with Gasteiger partial charge in [-0.05, 0) is 73.6 Å². The Morgan fingerprint density at radius 2 is 1.85 bits per heavy atom. The quantitative estimate of drug-likeness (QED) is 0.524. The first-order chi connectivity index (χ1) is 16.4. The van der Waals surface area contributed by atoms with E-state index in [2.05, 4.69) is 77.9 Å². The second-order valence-corrected chi connectivity index (χ2v) is 10.6. The van der Waals surface area contributed by atoms with E-state index in [1.165, 1.54) is 11.1 Å². The summed E-state index contributed by atoms with van der Waals surface area (Å²) < 4.78 is 11.2. The normalized spacial score (nSPS) is 24.5. The maximum absolute atomic E-state index is 5.68. The first-order valence-corrected chi connectivity index (χ1v) is 12.9. The van der Waals surface area contributed by atoms with Gasteiger partial charge < -0.3 is 20.1 Å². The van der Waals surface area contributed by atoms with Crippen molar-refractivity contribution in [3.63, 3.8) is 0 Å². The number of benzene rings is 2. The van der Waals surface area contributed by atoms with Crippen molar-refractivity contribution in [1.29, 1.82) is 0 Å². The van der Waals surface area contributed by atoms with E-state index < -0.39 is 0 Å². The highest BCUT2D eigenvalue weighted by Gasteiger charge is 2.51. The van der Waals surface area contributed by atoms with Crippen molar-refractivity contribution in [1.82, 2.24) is 15.5 Å². The van der Waals surface area contributed by atoms with Crippen LogP contribution in [0, 0.1) is 5.92 Å². The van der Waals surface area contributed by atoms with Gasteiger partial charge in [-0.1, -0.05) is 50.2 Å². The van der Waals surface area contributed by atoms with Gasteiger partial charge in [-0.3, -0.25) is 4.90 Å². The van der Waals surface area contributed by atoms with Gasteiger partial charge in [0.2, 0.25) is 0 Å². The smallest absolute Gasteiger partial charge is 0.166 e. The summed E-state index contributed by atoms with van der Waals surface area (Å²) in [6.07, 6.45) is 4.46. The molecule has 6 heteroatoms. The van der Waals surface area contributed by atoms with Crippen LogP contribution in [0.15, 0.2) is 48.5 Å². The summed E-state index contributed by atoms with van der Waals surface area (Å²) in [4.78, 5) is 2.68. The van der Waals surface area contributed by atoms with E-state index in [9.17, 15) is 0 Å². The van der Waals surface area contributed by atoms with E-state index >= 15 is 0 Å². The summed E-state index contributed by atoms with van der Waals surface area (Å²) in [7, 11) is 3.42. The molecule has 1 saturated carbocycles. The predicted octanol–water partition coefficient (Wildman–Crippen LogP) is 4.89. The van der Waals surface area contributed by atoms with Crippen molar-refractivity contribution in [3.8, 4) is 11.5 Å². The standard InChI is InChI=1S/C28H39N3O2S/c1-20(2)18-29-27(34)30-23-12-13-28(22-10-11-24(32-3)25(16-22)33-4)14-15-31(26(28)17-23)19-21-8-6-5-7-9-21/h5-11,16,20,23,26H,12-15,17-19H2,1-4H3,(H2,29,30,34)/t23-,26+,28-/m0/s1. The topological polar surface area (TPSA) is 45.8 Å². The van der Waals surface area contributed by atoms with E-state index in [1.54, 1.807) is 14.2 Å². The average molecular weight is 482 g/mol. The Balaban J connectivity index is 1.59. The molecule has 34 heavy (non-hydrogen) atoms. The molecule has 2 fully saturated rings. The molecule has 0 unspecified atom stereocenters. The summed E-state index contributed by atoms with van der Waals surface area (Å²) in [5.41, 5.74) is 2.85. The third-order valence-corrected chi connectivity index (χ3v) is 7.83. The highest BCUT2D eigenvalue weighted by molar-refractivity contribution is 7.80. The molecule has 4 rings (SSSR count). The van der Waals surface area contributed by atoms with Crippen LogP contribution in [0.1, 0.15) is 50.7 Å². The molecule has 1 saturated heterocycles. The Hall–Kier alpha value is -2.31. The van der Waals surface area contributed by atoms with Gasteiger partial charge in [0.15, 0.2) is 16.6 Å².